The number of carbonyl (C=O) groups is 1. The second kappa shape index (κ2) is 4.42. The molecule has 0 unspecified atom stereocenters. The van der Waals surface area contributed by atoms with Gasteiger partial charge in [-0.1, -0.05) is 0 Å². The summed E-state index contributed by atoms with van der Waals surface area (Å²) in [5, 5.41) is 5.16. The first-order valence-corrected chi connectivity index (χ1v) is 6.19. The minimum atomic E-state index is 0.147. The fourth-order valence-corrected chi connectivity index (χ4v) is 2.97. The van der Waals surface area contributed by atoms with Gasteiger partial charge in [-0.15, -0.1) is 11.3 Å². The zero-order valence-electron chi connectivity index (χ0n) is 7.62. The molecule has 0 spiro atoms. The number of thiophene rings is 1. The van der Waals surface area contributed by atoms with E-state index < -0.39 is 0 Å². The maximum Gasteiger partial charge on any atom is 0.265 e. The van der Waals surface area contributed by atoms with Crippen molar-refractivity contribution in [3.05, 3.63) is 20.8 Å². The highest BCUT2D eigenvalue weighted by molar-refractivity contribution is 9.10. The van der Waals surface area contributed by atoms with Gasteiger partial charge in [-0.2, -0.15) is 0 Å². The van der Waals surface area contributed by atoms with E-state index in [1.165, 1.54) is 11.3 Å². The number of hydrogen-bond donors (Lipinski definition) is 1. The zero-order valence-corrected chi connectivity index (χ0v) is 10.0. The maximum atomic E-state index is 12.0. The molecule has 0 aliphatic carbocycles. The predicted octanol–water partition coefficient (Wildman–Crippen LogP) is 1.56. The van der Waals surface area contributed by atoms with E-state index in [0.29, 0.717) is 0 Å². The normalized spacial score (nSPS) is 17.1. The molecule has 1 fully saturated rings. The number of nitrogens with one attached hydrogen (secondary N) is 1. The number of piperazine rings is 1. The highest BCUT2D eigenvalue weighted by Crippen LogP contribution is 2.24. The molecule has 0 bridgehead atoms. The van der Waals surface area contributed by atoms with E-state index in [4.69, 9.17) is 0 Å². The van der Waals surface area contributed by atoms with Crippen LogP contribution in [0.25, 0.3) is 0 Å². The summed E-state index contributed by atoms with van der Waals surface area (Å²) in [7, 11) is 0. The summed E-state index contributed by atoms with van der Waals surface area (Å²) in [5.74, 6) is 0.147. The van der Waals surface area contributed by atoms with E-state index in [0.717, 1.165) is 35.5 Å². The summed E-state index contributed by atoms with van der Waals surface area (Å²) in [5.41, 5.74) is 0. The van der Waals surface area contributed by atoms with Crippen molar-refractivity contribution in [2.75, 3.05) is 26.2 Å². The maximum absolute atomic E-state index is 12.0. The Bertz CT molecular complexity index is 333. The van der Waals surface area contributed by atoms with Crippen LogP contribution < -0.4 is 5.32 Å². The van der Waals surface area contributed by atoms with Crippen LogP contribution in [0.5, 0.6) is 0 Å². The first-order valence-electron chi connectivity index (χ1n) is 4.52. The van der Waals surface area contributed by atoms with Gasteiger partial charge in [0.2, 0.25) is 0 Å². The standard InChI is InChI=1S/C9H11BrN2OS/c10-7-1-6-14-8(7)9(13)12-4-2-11-3-5-12/h1,6,11H,2-5H2. The Morgan fingerprint density at radius 1 is 1.50 bits per heavy atom. The summed E-state index contributed by atoms with van der Waals surface area (Å²) < 4.78 is 0.908. The van der Waals surface area contributed by atoms with Gasteiger partial charge in [0.25, 0.3) is 5.91 Å². The molecule has 1 N–H and O–H groups in total. The van der Waals surface area contributed by atoms with Crippen LogP contribution >= 0.6 is 27.3 Å². The molecule has 1 aliphatic rings. The molecule has 0 saturated carbocycles. The molecule has 0 aromatic carbocycles. The van der Waals surface area contributed by atoms with E-state index in [9.17, 15) is 4.79 Å². The number of rotatable bonds is 1. The van der Waals surface area contributed by atoms with Gasteiger partial charge in [-0.05, 0) is 27.4 Å². The molecular weight excluding hydrogens is 264 g/mol. The minimum Gasteiger partial charge on any atom is -0.335 e. The van der Waals surface area contributed by atoms with Gasteiger partial charge in [0.15, 0.2) is 0 Å². The van der Waals surface area contributed by atoms with Crippen LogP contribution in [0.15, 0.2) is 15.9 Å². The van der Waals surface area contributed by atoms with Crippen LogP contribution in [0.1, 0.15) is 9.67 Å². The molecular formula is C9H11BrN2OS. The van der Waals surface area contributed by atoms with Crippen LogP contribution in [0.2, 0.25) is 0 Å². The van der Waals surface area contributed by atoms with Gasteiger partial charge in [-0.3, -0.25) is 4.79 Å². The quantitative estimate of drug-likeness (QED) is 0.843. The predicted molar refractivity (Wildman–Crippen MR) is 60.8 cm³/mol. The fraction of sp³-hybridized carbons (Fsp3) is 0.444. The van der Waals surface area contributed by atoms with Crippen LogP contribution in [0.4, 0.5) is 0 Å². The van der Waals surface area contributed by atoms with E-state index in [-0.39, 0.29) is 5.91 Å². The van der Waals surface area contributed by atoms with Crippen molar-refractivity contribution in [1.82, 2.24) is 10.2 Å². The summed E-state index contributed by atoms with van der Waals surface area (Å²) in [6.07, 6.45) is 0. The molecule has 1 aliphatic heterocycles. The number of hydrogen-bond acceptors (Lipinski definition) is 3. The van der Waals surface area contributed by atoms with E-state index in [2.05, 4.69) is 21.2 Å². The third-order valence-electron chi connectivity index (χ3n) is 2.22. The van der Waals surface area contributed by atoms with Crippen molar-refractivity contribution in [1.29, 1.82) is 0 Å². The molecule has 2 heterocycles. The number of nitrogens with zero attached hydrogens (tertiary/aromatic N) is 1. The van der Waals surface area contributed by atoms with E-state index in [1.54, 1.807) is 0 Å². The lowest BCUT2D eigenvalue weighted by atomic mass is 10.3. The molecule has 1 amide bonds. The molecule has 0 atom stereocenters. The highest BCUT2D eigenvalue weighted by atomic mass is 79.9. The lowest BCUT2D eigenvalue weighted by Crippen LogP contribution is -2.46. The Morgan fingerprint density at radius 2 is 2.21 bits per heavy atom. The summed E-state index contributed by atoms with van der Waals surface area (Å²) in [4.78, 5) is 14.7. The lowest BCUT2D eigenvalue weighted by Gasteiger charge is -2.27. The molecule has 3 nitrogen and oxygen atoms in total. The SMILES string of the molecule is O=C(c1sccc1Br)N1CCNCC1. The Morgan fingerprint density at radius 3 is 2.79 bits per heavy atom. The molecule has 2 rings (SSSR count). The first-order chi connectivity index (χ1) is 6.79. The van der Waals surface area contributed by atoms with Crippen molar-refractivity contribution in [3.8, 4) is 0 Å². The first kappa shape index (κ1) is 10.1. The second-order valence-corrected chi connectivity index (χ2v) is 4.91. The van der Waals surface area contributed by atoms with Crippen molar-refractivity contribution >= 4 is 33.2 Å². The van der Waals surface area contributed by atoms with Crippen LogP contribution in [-0.2, 0) is 0 Å². The van der Waals surface area contributed by atoms with Gasteiger partial charge < -0.3 is 10.2 Å². The molecule has 14 heavy (non-hydrogen) atoms. The third-order valence-corrected chi connectivity index (χ3v) is 4.04. The molecule has 5 heteroatoms. The Balaban J connectivity index is 2.11. The number of carbonyl (C=O) groups excluding carboxylic acids is 1. The molecule has 1 saturated heterocycles. The van der Waals surface area contributed by atoms with Crippen molar-refractivity contribution < 1.29 is 4.79 Å². The Kier molecular flexibility index (Phi) is 3.20. The van der Waals surface area contributed by atoms with Gasteiger partial charge >= 0.3 is 0 Å². The Hall–Kier alpha value is -0.390. The van der Waals surface area contributed by atoms with Crippen molar-refractivity contribution in [3.63, 3.8) is 0 Å². The van der Waals surface area contributed by atoms with Gasteiger partial charge in [0, 0.05) is 30.7 Å². The zero-order chi connectivity index (χ0) is 9.97. The van der Waals surface area contributed by atoms with Gasteiger partial charge in [0.1, 0.15) is 4.88 Å². The minimum absolute atomic E-state index is 0.147. The summed E-state index contributed by atoms with van der Waals surface area (Å²) in [6.45, 7) is 3.41. The average molecular weight is 275 g/mol. The highest BCUT2D eigenvalue weighted by Gasteiger charge is 2.20. The number of halogens is 1. The smallest absolute Gasteiger partial charge is 0.265 e. The van der Waals surface area contributed by atoms with E-state index >= 15 is 0 Å². The third kappa shape index (κ3) is 1.99. The fourth-order valence-electron chi connectivity index (χ4n) is 1.46. The van der Waals surface area contributed by atoms with Crippen molar-refractivity contribution in [2.45, 2.75) is 0 Å². The summed E-state index contributed by atoms with van der Waals surface area (Å²) in [6, 6.07) is 1.92. The van der Waals surface area contributed by atoms with Gasteiger partial charge in [0.05, 0.1) is 0 Å². The van der Waals surface area contributed by atoms with Crippen molar-refractivity contribution in [2.24, 2.45) is 0 Å². The average Bonchev–Trinajstić information content (AvgIpc) is 2.65. The lowest BCUT2D eigenvalue weighted by molar-refractivity contribution is 0.0740. The topological polar surface area (TPSA) is 32.3 Å². The second-order valence-electron chi connectivity index (χ2n) is 3.14. The largest absolute Gasteiger partial charge is 0.335 e. The van der Waals surface area contributed by atoms with E-state index in [1.807, 2.05) is 16.3 Å². The molecule has 76 valence electrons. The molecule has 1 aromatic heterocycles. The van der Waals surface area contributed by atoms with Gasteiger partial charge in [-0.25, -0.2) is 0 Å². The Labute approximate surface area is 95.2 Å². The summed E-state index contributed by atoms with van der Waals surface area (Å²) >= 11 is 4.87. The molecule has 0 radical (unpaired) electrons. The molecule has 1 aromatic rings. The van der Waals surface area contributed by atoms with Crippen LogP contribution in [-0.4, -0.2) is 37.0 Å². The van der Waals surface area contributed by atoms with Crippen LogP contribution in [0, 0.1) is 0 Å². The monoisotopic (exact) mass is 274 g/mol. The van der Waals surface area contributed by atoms with Crippen LogP contribution in [0.3, 0.4) is 0 Å². The number of amides is 1.